The first-order valence-corrected chi connectivity index (χ1v) is 8.27. The van der Waals surface area contributed by atoms with E-state index in [0.29, 0.717) is 28.7 Å². The summed E-state index contributed by atoms with van der Waals surface area (Å²) in [6.07, 6.45) is 2.47. The number of urea groups is 1. The van der Waals surface area contributed by atoms with Crippen molar-refractivity contribution >= 4 is 29.3 Å². The summed E-state index contributed by atoms with van der Waals surface area (Å²) in [5.74, 6) is 0.217. The van der Waals surface area contributed by atoms with Crippen LogP contribution >= 0.6 is 11.6 Å². The fourth-order valence-corrected chi connectivity index (χ4v) is 2.53. The zero-order chi connectivity index (χ0) is 17.8. The minimum Gasteiger partial charge on any atom is -0.481 e. The average molecular weight is 365 g/mol. The van der Waals surface area contributed by atoms with Gasteiger partial charge in [0.2, 0.25) is 0 Å². The molecule has 1 saturated carbocycles. The second-order valence-electron chi connectivity index (χ2n) is 5.77. The van der Waals surface area contributed by atoms with Crippen LogP contribution in [0, 0.1) is 0 Å². The number of carbonyl (C=O) groups is 2. The number of benzene rings is 1. The third-order valence-corrected chi connectivity index (χ3v) is 4.04. The molecular formula is C15H17ClN6O3. The van der Waals surface area contributed by atoms with Crippen molar-refractivity contribution in [2.45, 2.75) is 31.6 Å². The predicted octanol–water partition coefficient (Wildman–Crippen LogP) is 2.18. The summed E-state index contributed by atoms with van der Waals surface area (Å²) >= 11 is 6.25. The fraction of sp³-hybridized carbons (Fsp3) is 0.400. The van der Waals surface area contributed by atoms with Gasteiger partial charge < -0.3 is 15.7 Å². The van der Waals surface area contributed by atoms with E-state index in [1.807, 2.05) is 0 Å². The van der Waals surface area contributed by atoms with E-state index in [1.165, 1.54) is 0 Å². The molecule has 10 heteroatoms. The molecule has 2 aromatic rings. The first-order valence-electron chi connectivity index (χ1n) is 7.89. The number of anilines is 1. The monoisotopic (exact) mass is 364 g/mol. The van der Waals surface area contributed by atoms with Crippen LogP contribution in [-0.4, -0.2) is 43.9 Å². The van der Waals surface area contributed by atoms with Crippen LogP contribution in [0.2, 0.25) is 5.02 Å². The summed E-state index contributed by atoms with van der Waals surface area (Å²) in [6.45, 7) is 0.275. The number of rotatable bonds is 7. The number of aliphatic carboxylic acids is 1. The van der Waals surface area contributed by atoms with E-state index >= 15 is 0 Å². The maximum Gasteiger partial charge on any atom is 0.319 e. The maximum absolute atomic E-state index is 11.9. The molecular weight excluding hydrogens is 348 g/mol. The second-order valence-corrected chi connectivity index (χ2v) is 6.17. The van der Waals surface area contributed by atoms with Gasteiger partial charge in [0.25, 0.3) is 0 Å². The Balaban J connectivity index is 1.66. The summed E-state index contributed by atoms with van der Waals surface area (Å²) in [5.41, 5.74) is 1.13. The van der Waals surface area contributed by atoms with Gasteiger partial charge >= 0.3 is 12.0 Å². The molecule has 25 heavy (non-hydrogen) atoms. The number of hydrogen-bond acceptors (Lipinski definition) is 5. The van der Waals surface area contributed by atoms with Gasteiger partial charge in [-0.3, -0.25) is 4.79 Å². The number of nitrogens with zero attached hydrogens (tertiary/aromatic N) is 4. The topological polar surface area (TPSA) is 122 Å². The smallest absolute Gasteiger partial charge is 0.319 e. The van der Waals surface area contributed by atoms with Gasteiger partial charge in [0.1, 0.15) is 0 Å². The van der Waals surface area contributed by atoms with Gasteiger partial charge in [-0.2, -0.15) is 4.68 Å². The third-order valence-electron chi connectivity index (χ3n) is 3.72. The highest BCUT2D eigenvalue weighted by Gasteiger charge is 2.30. The Bertz CT molecular complexity index is 789. The molecule has 1 aliphatic rings. The molecule has 1 aromatic heterocycles. The van der Waals surface area contributed by atoms with Crippen molar-refractivity contribution in [3.05, 3.63) is 29.0 Å². The van der Waals surface area contributed by atoms with Crippen LogP contribution < -0.4 is 10.6 Å². The van der Waals surface area contributed by atoms with E-state index in [1.54, 1.807) is 22.9 Å². The quantitative estimate of drug-likeness (QED) is 0.647. The highest BCUT2D eigenvalue weighted by Crippen LogP contribution is 2.39. The fourth-order valence-electron chi connectivity index (χ4n) is 2.33. The number of aromatic nitrogens is 4. The molecule has 1 heterocycles. The average Bonchev–Trinajstić information content (AvgIpc) is 3.30. The van der Waals surface area contributed by atoms with Crippen molar-refractivity contribution in [2.24, 2.45) is 0 Å². The van der Waals surface area contributed by atoms with Gasteiger partial charge in [-0.25, -0.2) is 4.79 Å². The van der Waals surface area contributed by atoms with Crippen molar-refractivity contribution in [3.8, 4) is 5.69 Å². The van der Waals surface area contributed by atoms with Crippen molar-refractivity contribution in [1.29, 1.82) is 0 Å². The van der Waals surface area contributed by atoms with Crippen LogP contribution in [0.1, 0.15) is 37.4 Å². The zero-order valence-corrected chi connectivity index (χ0v) is 14.0. The Morgan fingerprint density at radius 3 is 2.88 bits per heavy atom. The number of amides is 2. The zero-order valence-electron chi connectivity index (χ0n) is 13.3. The lowest BCUT2D eigenvalue weighted by atomic mass is 10.2. The van der Waals surface area contributed by atoms with Crippen molar-refractivity contribution in [1.82, 2.24) is 25.5 Å². The van der Waals surface area contributed by atoms with Gasteiger partial charge in [-0.05, 0) is 47.9 Å². The molecule has 0 radical (unpaired) electrons. The maximum atomic E-state index is 11.9. The molecule has 3 N–H and O–H groups in total. The van der Waals surface area contributed by atoms with E-state index in [-0.39, 0.29) is 13.0 Å². The van der Waals surface area contributed by atoms with Crippen molar-refractivity contribution < 1.29 is 14.7 Å². The molecule has 2 amide bonds. The summed E-state index contributed by atoms with van der Waals surface area (Å²) < 4.78 is 1.59. The standard InChI is InChI=1S/C15H17ClN6O3/c16-11-6-5-10(18-15(25)17-7-1-2-13(23)24)8-12(11)22-14(9-3-4-9)19-20-21-22/h5-6,8-9H,1-4,7H2,(H,23,24)(H2,17,18,25). The van der Waals surface area contributed by atoms with Crippen molar-refractivity contribution in [3.63, 3.8) is 0 Å². The van der Waals surface area contributed by atoms with Crippen LogP contribution in [0.15, 0.2) is 18.2 Å². The molecule has 0 atom stereocenters. The minimum absolute atomic E-state index is 0.00855. The molecule has 0 spiro atoms. The van der Waals surface area contributed by atoms with Crippen LogP contribution in [0.5, 0.6) is 0 Å². The van der Waals surface area contributed by atoms with Crippen LogP contribution in [0.4, 0.5) is 10.5 Å². The SMILES string of the molecule is O=C(O)CCCNC(=O)Nc1ccc(Cl)c(-n2nnnc2C2CC2)c1. The summed E-state index contributed by atoms with van der Waals surface area (Å²) in [6, 6.07) is 4.61. The molecule has 0 saturated heterocycles. The lowest BCUT2D eigenvalue weighted by Gasteiger charge is -2.11. The molecule has 9 nitrogen and oxygen atoms in total. The summed E-state index contributed by atoms with van der Waals surface area (Å²) in [4.78, 5) is 22.3. The largest absolute Gasteiger partial charge is 0.481 e. The number of carboxylic acid groups (broad SMARTS) is 1. The number of carbonyl (C=O) groups excluding carboxylic acids is 1. The lowest BCUT2D eigenvalue weighted by molar-refractivity contribution is -0.137. The molecule has 1 aliphatic carbocycles. The Hall–Kier alpha value is -2.68. The molecule has 1 fully saturated rings. The summed E-state index contributed by atoms with van der Waals surface area (Å²) in [7, 11) is 0. The van der Waals surface area contributed by atoms with Crippen molar-refractivity contribution in [2.75, 3.05) is 11.9 Å². The van der Waals surface area contributed by atoms with E-state index in [4.69, 9.17) is 16.7 Å². The Morgan fingerprint density at radius 2 is 2.16 bits per heavy atom. The number of hydrogen-bond donors (Lipinski definition) is 3. The van der Waals surface area contributed by atoms with E-state index < -0.39 is 12.0 Å². The molecule has 0 bridgehead atoms. The normalized spacial score (nSPS) is 13.5. The van der Waals surface area contributed by atoms with Gasteiger partial charge in [0.05, 0.1) is 10.7 Å². The van der Waals surface area contributed by atoms with Gasteiger partial charge in [-0.15, -0.1) is 5.10 Å². The van der Waals surface area contributed by atoms with Crippen LogP contribution in [-0.2, 0) is 4.79 Å². The highest BCUT2D eigenvalue weighted by atomic mass is 35.5. The molecule has 132 valence electrons. The van der Waals surface area contributed by atoms with E-state index in [9.17, 15) is 9.59 Å². The Labute approximate surface area is 148 Å². The third kappa shape index (κ3) is 4.44. The first-order chi connectivity index (χ1) is 12.0. The Morgan fingerprint density at radius 1 is 1.36 bits per heavy atom. The minimum atomic E-state index is -0.891. The van der Waals surface area contributed by atoms with Gasteiger partial charge in [-0.1, -0.05) is 11.6 Å². The molecule has 0 aliphatic heterocycles. The van der Waals surface area contributed by atoms with Gasteiger partial charge in [0.15, 0.2) is 5.82 Å². The number of halogens is 1. The number of carboxylic acids is 1. The van der Waals surface area contributed by atoms with E-state index in [0.717, 1.165) is 18.7 Å². The van der Waals surface area contributed by atoms with Crippen LogP contribution in [0.3, 0.4) is 0 Å². The predicted molar refractivity (Wildman–Crippen MR) is 90.0 cm³/mol. The number of tetrazole rings is 1. The second kappa shape index (κ2) is 7.47. The molecule has 3 rings (SSSR count). The highest BCUT2D eigenvalue weighted by molar-refractivity contribution is 6.32. The first kappa shape index (κ1) is 17.2. The lowest BCUT2D eigenvalue weighted by Crippen LogP contribution is -2.29. The van der Waals surface area contributed by atoms with E-state index in [2.05, 4.69) is 26.2 Å². The molecule has 0 unspecified atom stereocenters. The Kier molecular flexibility index (Phi) is 5.13. The molecule has 1 aromatic carbocycles. The van der Waals surface area contributed by atoms with Gasteiger partial charge in [0, 0.05) is 24.6 Å². The number of nitrogens with one attached hydrogen (secondary N) is 2. The van der Waals surface area contributed by atoms with Crippen LogP contribution in [0.25, 0.3) is 5.69 Å². The summed E-state index contributed by atoms with van der Waals surface area (Å²) in [5, 5.41) is 26.1.